The zero-order valence-corrected chi connectivity index (χ0v) is 15.9. The van der Waals surface area contributed by atoms with Crippen molar-refractivity contribution in [3.63, 3.8) is 0 Å². The number of nitrogens with zero attached hydrogens (tertiary/aromatic N) is 1. The molecule has 0 saturated carbocycles. The molecule has 0 saturated heterocycles. The number of non-ortho nitro benzene ring substituents is 1. The minimum absolute atomic E-state index is 0.0452. The molecule has 0 bridgehead atoms. The molecule has 2 rings (SSSR count). The lowest BCUT2D eigenvalue weighted by molar-refractivity contribution is -0.385. The molecule has 0 aromatic heterocycles. The summed E-state index contributed by atoms with van der Waals surface area (Å²) in [6.45, 7) is 5.74. The Bertz CT molecular complexity index is 890. The van der Waals surface area contributed by atoms with Crippen LogP contribution in [0.15, 0.2) is 53.4 Å². The second-order valence-electron chi connectivity index (χ2n) is 6.92. The van der Waals surface area contributed by atoms with E-state index in [2.05, 4.69) is 4.72 Å². The van der Waals surface area contributed by atoms with E-state index < -0.39 is 26.4 Å². The molecule has 0 spiro atoms. The fourth-order valence-electron chi connectivity index (χ4n) is 2.60. The molecular formula is C18H22N2O5S. The Labute approximate surface area is 153 Å². The van der Waals surface area contributed by atoms with Crippen LogP contribution < -0.4 is 9.46 Å². The van der Waals surface area contributed by atoms with E-state index in [4.69, 9.17) is 4.74 Å². The summed E-state index contributed by atoms with van der Waals surface area (Å²) in [6.07, 6.45) is 0. The average Bonchev–Trinajstić information content (AvgIpc) is 2.59. The topological polar surface area (TPSA) is 98.5 Å². The van der Waals surface area contributed by atoms with E-state index in [0.29, 0.717) is 0 Å². The predicted octanol–water partition coefficient (Wildman–Crippen LogP) is 3.67. The Morgan fingerprint density at radius 3 is 2.23 bits per heavy atom. The lowest BCUT2D eigenvalue weighted by Gasteiger charge is -2.31. The standard InChI is InChI=1S/C18H22N2O5S/c1-18(2,3)17(13-8-6-5-7-9-13)19-26(23,24)16-12-14(20(21)22)10-11-15(16)25-4/h5-12,17,19H,1-4H3. The highest BCUT2D eigenvalue weighted by atomic mass is 32.2. The molecule has 0 aliphatic carbocycles. The van der Waals surface area contributed by atoms with Gasteiger partial charge in [0.25, 0.3) is 5.69 Å². The van der Waals surface area contributed by atoms with Crippen LogP contribution in [0.1, 0.15) is 32.4 Å². The smallest absolute Gasteiger partial charge is 0.271 e. The van der Waals surface area contributed by atoms with E-state index >= 15 is 0 Å². The second-order valence-corrected chi connectivity index (χ2v) is 8.61. The van der Waals surface area contributed by atoms with Gasteiger partial charge in [-0.25, -0.2) is 13.1 Å². The summed E-state index contributed by atoms with van der Waals surface area (Å²) in [4.78, 5) is 10.1. The Kier molecular flexibility index (Phi) is 5.68. The maximum Gasteiger partial charge on any atom is 0.271 e. The number of ether oxygens (including phenoxy) is 1. The maximum atomic E-state index is 13.0. The van der Waals surface area contributed by atoms with Crippen LogP contribution >= 0.6 is 0 Å². The Balaban J connectivity index is 2.52. The predicted molar refractivity (Wildman–Crippen MR) is 98.6 cm³/mol. The molecule has 0 radical (unpaired) electrons. The van der Waals surface area contributed by atoms with Crippen molar-refractivity contribution in [1.82, 2.24) is 4.72 Å². The van der Waals surface area contributed by atoms with E-state index in [1.165, 1.54) is 19.2 Å². The van der Waals surface area contributed by atoms with Crippen LogP contribution in [-0.2, 0) is 10.0 Å². The molecular weight excluding hydrogens is 356 g/mol. The monoisotopic (exact) mass is 378 g/mol. The highest BCUT2D eigenvalue weighted by Gasteiger charge is 2.33. The first-order valence-electron chi connectivity index (χ1n) is 7.96. The van der Waals surface area contributed by atoms with Crippen LogP contribution in [0.5, 0.6) is 5.75 Å². The third-order valence-electron chi connectivity index (χ3n) is 3.92. The molecule has 1 unspecified atom stereocenters. The summed E-state index contributed by atoms with van der Waals surface area (Å²) in [5.74, 6) is 0.0452. The Morgan fingerprint density at radius 1 is 1.12 bits per heavy atom. The fourth-order valence-corrected chi connectivity index (χ4v) is 4.22. The van der Waals surface area contributed by atoms with E-state index in [9.17, 15) is 18.5 Å². The van der Waals surface area contributed by atoms with Gasteiger partial charge in [0, 0.05) is 12.1 Å². The summed E-state index contributed by atoms with van der Waals surface area (Å²) < 4.78 is 33.8. The lowest BCUT2D eigenvalue weighted by atomic mass is 9.83. The molecule has 1 N–H and O–H groups in total. The summed E-state index contributed by atoms with van der Waals surface area (Å²) in [5.41, 5.74) is 0.0497. The van der Waals surface area contributed by atoms with Crippen molar-refractivity contribution < 1.29 is 18.1 Å². The summed E-state index contributed by atoms with van der Waals surface area (Å²) in [7, 11) is -2.75. The molecule has 0 fully saturated rings. The molecule has 0 aliphatic heterocycles. The van der Waals surface area contributed by atoms with E-state index in [-0.39, 0.29) is 16.3 Å². The van der Waals surface area contributed by atoms with E-state index in [1.807, 2.05) is 51.1 Å². The Morgan fingerprint density at radius 2 is 1.73 bits per heavy atom. The van der Waals surface area contributed by atoms with Crippen LogP contribution in [0.4, 0.5) is 5.69 Å². The number of hydrogen-bond acceptors (Lipinski definition) is 5. The van der Waals surface area contributed by atoms with Gasteiger partial charge in [-0.3, -0.25) is 10.1 Å². The molecule has 0 heterocycles. The van der Waals surface area contributed by atoms with E-state index in [1.54, 1.807) is 0 Å². The first-order valence-corrected chi connectivity index (χ1v) is 9.44. The van der Waals surface area contributed by atoms with Crippen LogP contribution in [-0.4, -0.2) is 20.5 Å². The van der Waals surface area contributed by atoms with Gasteiger partial charge in [-0.05, 0) is 17.0 Å². The van der Waals surface area contributed by atoms with Crippen molar-refractivity contribution in [1.29, 1.82) is 0 Å². The van der Waals surface area contributed by atoms with E-state index in [0.717, 1.165) is 11.6 Å². The molecule has 0 aliphatic rings. The van der Waals surface area contributed by atoms with Crippen molar-refractivity contribution in [3.05, 3.63) is 64.2 Å². The number of hydrogen-bond donors (Lipinski definition) is 1. The van der Waals surface area contributed by atoms with Crippen LogP contribution in [0.3, 0.4) is 0 Å². The van der Waals surface area contributed by atoms with Crippen molar-refractivity contribution in [2.45, 2.75) is 31.7 Å². The van der Waals surface area contributed by atoms with Crippen LogP contribution in [0.2, 0.25) is 0 Å². The summed E-state index contributed by atoms with van der Waals surface area (Å²) in [6, 6.07) is 12.1. The minimum atomic E-state index is -4.07. The highest BCUT2D eigenvalue weighted by molar-refractivity contribution is 7.89. The highest BCUT2D eigenvalue weighted by Crippen LogP contribution is 2.36. The van der Waals surface area contributed by atoms with Gasteiger partial charge in [0.15, 0.2) is 0 Å². The quantitative estimate of drug-likeness (QED) is 0.611. The van der Waals surface area contributed by atoms with Crippen molar-refractivity contribution in [3.8, 4) is 5.75 Å². The second kappa shape index (κ2) is 7.43. The first kappa shape index (κ1) is 19.9. The molecule has 8 heteroatoms. The number of benzene rings is 2. The van der Waals surface area contributed by atoms with Gasteiger partial charge in [0.05, 0.1) is 18.1 Å². The number of nitro benzene ring substituents is 1. The lowest BCUT2D eigenvalue weighted by Crippen LogP contribution is -2.36. The van der Waals surface area contributed by atoms with Gasteiger partial charge in [0.2, 0.25) is 10.0 Å². The van der Waals surface area contributed by atoms with Crippen LogP contribution in [0.25, 0.3) is 0 Å². The largest absolute Gasteiger partial charge is 0.495 e. The Hall–Kier alpha value is -2.45. The molecule has 0 amide bonds. The summed E-state index contributed by atoms with van der Waals surface area (Å²) >= 11 is 0. The zero-order valence-electron chi connectivity index (χ0n) is 15.1. The number of rotatable bonds is 6. The first-order chi connectivity index (χ1) is 12.1. The van der Waals surface area contributed by atoms with Gasteiger partial charge in [0.1, 0.15) is 10.6 Å². The number of methoxy groups -OCH3 is 1. The van der Waals surface area contributed by atoms with Gasteiger partial charge in [-0.2, -0.15) is 0 Å². The van der Waals surface area contributed by atoms with Crippen molar-refractivity contribution in [2.75, 3.05) is 7.11 Å². The fraction of sp³-hybridized carbons (Fsp3) is 0.333. The van der Waals surface area contributed by atoms with Crippen LogP contribution in [0, 0.1) is 15.5 Å². The van der Waals surface area contributed by atoms with Crippen molar-refractivity contribution >= 4 is 15.7 Å². The molecule has 1 atom stereocenters. The number of sulfonamides is 1. The minimum Gasteiger partial charge on any atom is -0.495 e. The van der Waals surface area contributed by atoms with Gasteiger partial charge >= 0.3 is 0 Å². The molecule has 7 nitrogen and oxygen atoms in total. The third kappa shape index (κ3) is 4.39. The number of nitrogens with one attached hydrogen (secondary N) is 1. The molecule has 2 aromatic carbocycles. The number of nitro groups is 1. The van der Waals surface area contributed by atoms with Gasteiger partial charge in [-0.15, -0.1) is 0 Å². The third-order valence-corrected chi connectivity index (χ3v) is 5.36. The maximum absolute atomic E-state index is 13.0. The molecule has 2 aromatic rings. The SMILES string of the molecule is COc1ccc([N+](=O)[O-])cc1S(=O)(=O)NC(c1ccccc1)C(C)(C)C. The van der Waals surface area contributed by atoms with Gasteiger partial charge in [-0.1, -0.05) is 51.1 Å². The zero-order chi connectivity index (χ0) is 19.5. The average molecular weight is 378 g/mol. The van der Waals surface area contributed by atoms with Gasteiger partial charge < -0.3 is 4.74 Å². The summed E-state index contributed by atoms with van der Waals surface area (Å²) in [5, 5.41) is 11.0. The normalized spacial score (nSPS) is 13.2. The molecule has 140 valence electrons. The van der Waals surface area contributed by atoms with Crippen molar-refractivity contribution in [2.24, 2.45) is 5.41 Å². The molecule has 26 heavy (non-hydrogen) atoms.